The number of nitrogens with one attached hydrogen (secondary N) is 2. The Labute approximate surface area is 179 Å². The number of hydrogen-bond acceptors (Lipinski definition) is 5. The molecule has 0 fully saturated rings. The maximum atomic E-state index is 7.43. The summed E-state index contributed by atoms with van der Waals surface area (Å²) in [4.78, 5) is 4.53. The molecule has 4 N–H and O–H groups in total. The molecule has 0 unspecified atom stereocenters. The Bertz CT molecular complexity index is 847. The summed E-state index contributed by atoms with van der Waals surface area (Å²) < 4.78 is 11.8. The summed E-state index contributed by atoms with van der Waals surface area (Å²) in [5, 5.41) is 10.8. The van der Waals surface area contributed by atoms with Crippen molar-refractivity contribution < 1.29 is 9.47 Å². The minimum atomic E-state index is 0.0674. The summed E-state index contributed by atoms with van der Waals surface area (Å²) >= 11 is 0. The van der Waals surface area contributed by atoms with Crippen LogP contribution in [-0.4, -0.2) is 38.0 Å². The van der Waals surface area contributed by atoms with Crippen LogP contribution >= 0.6 is 0 Å². The third-order valence-corrected chi connectivity index (χ3v) is 5.06. The third kappa shape index (κ3) is 6.51. The molecule has 2 aromatic carbocycles. The van der Waals surface area contributed by atoms with Crippen LogP contribution in [0.15, 0.2) is 53.5 Å². The lowest BCUT2D eigenvalue weighted by molar-refractivity contribution is 0.198. The Balaban J connectivity index is 1.38. The molecule has 6 heteroatoms. The zero-order valence-corrected chi connectivity index (χ0v) is 17.9. The zero-order valence-electron chi connectivity index (χ0n) is 17.9. The van der Waals surface area contributed by atoms with Crippen LogP contribution in [0.2, 0.25) is 0 Å². The van der Waals surface area contributed by atoms with Gasteiger partial charge in [-0.2, -0.15) is 0 Å². The largest absolute Gasteiger partial charge is 0.493 e. The van der Waals surface area contributed by atoms with Crippen molar-refractivity contribution in [2.75, 3.05) is 26.3 Å². The topological polar surface area (TPSA) is 92.7 Å². The smallest absolute Gasteiger partial charge is 0.128 e. The molecule has 6 nitrogen and oxygen atoms in total. The minimum absolute atomic E-state index is 0.0674. The fraction of sp³-hybridized carbons (Fsp3) is 0.417. The molecule has 160 valence electrons. The van der Waals surface area contributed by atoms with E-state index < -0.39 is 0 Å². The Morgan fingerprint density at radius 3 is 2.07 bits per heavy atom. The van der Waals surface area contributed by atoms with Gasteiger partial charge in [0.15, 0.2) is 0 Å². The summed E-state index contributed by atoms with van der Waals surface area (Å²) in [6.45, 7) is 7.59. The summed E-state index contributed by atoms with van der Waals surface area (Å²) in [6.07, 6.45) is 2.11. The summed E-state index contributed by atoms with van der Waals surface area (Å²) in [7, 11) is 0. The maximum Gasteiger partial charge on any atom is 0.128 e. The van der Waals surface area contributed by atoms with Gasteiger partial charge in [0.2, 0.25) is 0 Å². The van der Waals surface area contributed by atoms with Gasteiger partial charge in [0.05, 0.1) is 13.2 Å². The molecular formula is C24H32N4O2. The van der Waals surface area contributed by atoms with Gasteiger partial charge in [0, 0.05) is 24.2 Å². The third-order valence-electron chi connectivity index (χ3n) is 5.06. The number of rotatable bonds is 10. The number of amidine groups is 2. The second-order valence-electron chi connectivity index (χ2n) is 8.04. The molecule has 2 aromatic rings. The van der Waals surface area contributed by atoms with Gasteiger partial charge in [-0.1, -0.05) is 13.8 Å². The fourth-order valence-corrected chi connectivity index (χ4v) is 3.47. The minimum Gasteiger partial charge on any atom is -0.493 e. The van der Waals surface area contributed by atoms with E-state index in [0.29, 0.717) is 30.6 Å². The lowest BCUT2D eigenvalue weighted by Gasteiger charge is -2.19. The van der Waals surface area contributed by atoms with Crippen molar-refractivity contribution in [3.8, 4) is 11.5 Å². The Morgan fingerprint density at radius 2 is 1.57 bits per heavy atom. The first-order valence-corrected chi connectivity index (χ1v) is 10.6. The van der Waals surface area contributed by atoms with Gasteiger partial charge in [-0.05, 0) is 73.2 Å². The van der Waals surface area contributed by atoms with Crippen LogP contribution in [0.25, 0.3) is 0 Å². The number of ether oxygens (including phenoxy) is 2. The zero-order chi connectivity index (χ0) is 21.3. The number of nitrogens with two attached hydrogens (primary N) is 1. The van der Waals surface area contributed by atoms with E-state index in [4.69, 9.17) is 20.6 Å². The van der Waals surface area contributed by atoms with Crippen molar-refractivity contribution in [2.24, 2.45) is 22.6 Å². The Morgan fingerprint density at radius 1 is 1.00 bits per heavy atom. The molecule has 1 heterocycles. The average Bonchev–Trinajstić information content (AvgIpc) is 2.77. The standard InChI is InChI=1S/C24H32N4O2/c1-17(15-29-21-8-4-19(5-9-21)23(25)26)14-18(2)16-30-22-10-6-20(7-11-22)24-27-12-3-13-28-24/h4-11,17-18H,3,12-16H2,1-2H3,(H3,25,26)(H,27,28)/t17-,18+/m1/s1. The van der Waals surface area contributed by atoms with E-state index in [-0.39, 0.29) is 5.84 Å². The number of hydrogen-bond donors (Lipinski definition) is 3. The summed E-state index contributed by atoms with van der Waals surface area (Å²) in [5.74, 6) is 3.56. The number of nitrogen functional groups attached to an aromatic ring is 1. The van der Waals surface area contributed by atoms with E-state index in [2.05, 4.69) is 36.3 Å². The summed E-state index contributed by atoms with van der Waals surface area (Å²) in [5.41, 5.74) is 7.29. The molecule has 0 spiro atoms. The van der Waals surface area contributed by atoms with Crippen molar-refractivity contribution in [1.82, 2.24) is 5.32 Å². The highest BCUT2D eigenvalue weighted by Crippen LogP contribution is 2.19. The van der Waals surface area contributed by atoms with E-state index in [0.717, 1.165) is 48.8 Å². The molecule has 3 rings (SSSR count). The van der Waals surface area contributed by atoms with Crippen molar-refractivity contribution in [3.05, 3.63) is 59.7 Å². The maximum absolute atomic E-state index is 7.43. The molecule has 30 heavy (non-hydrogen) atoms. The first-order valence-electron chi connectivity index (χ1n) is 10.6. The van der Waals surface area contributed by atoms with Gasteiger partial charge >= 0.3 is 0 Å². The van der Waals surface area contributed by atoms with Crippen LogP contribution in [0.3, 0.4) is 0 Å². The molecule has 0 radical (unpaired) electrons. The average molecular weight is 409 g/mol. The molecule has 1 aliphatic rings. The molecule has 1 aliphatic heterocycles. The second-order valence-corrected chi connectivity index (χ2v) is 8.04. The molecular weight excluding hydrogens is 376 g/mol. The highest BCUT2D eigenvalue weighted by Gasteiger charge is 2.12. The van der Waals surface area contributed by atoms with Crippen molar-refractivity contribution in [1.29, 1.82) is 5.41 Å². The van der Waals surface area contributed by atoms with Crippen molar-refractivity contribution in [3.63, 3.8) is 0 Å². The summed E-state index contributed by atoms with van der Waals surface area (Å²) in [6, 6.07) is 15.5. The molecule has 0 amide bonds. The fourth-order valence-electron chi connectivity index (χ4n) is 3.47. The van der Waals surface area contributed by atoms with Gasteiger partial charge in [0.1, 0.15) is 23.2 Å². The lowest BCUT2D eigenvalue weighted by atomic mass is 9.99. The van der Waals surface area contributed by atoms with E-state index in [1.54, 1.807) is 12.1 Å². The van der Waals surface area contributed by atoms with E-state index in [1.165, 1.54) is 0 Å². The molecule has 0 bridgehead atoms. The van der Waals surface area contributed by atoms with Crippen LogP contribution in [0, 0.1) is 17.2 Å². The highest BCUT2D eigenvalue weighted by atomic mass is 16.5. The normalized spacial score (nSPS) is 15.5. The van der Waals surface area contributed by atoms with Crippen LogP contribution in [-0.2, 0) is 0 Å². The predicted molar refractivity (Wildman–Crippen MR) is 122 cm³/mol. The van der Waals surface area contributed by atoms with Crippen molar-refractivity contribution >= 4 is 11.7 Å². The van der Waals surface area contributed by atoms with Gasteiger partial charge < -0.3 is 20.5 Å². The quantitative estimate of drug-likeness (QED) is 0.411. The van der Waals surface area contributed by atoms with Gasteiger partial charge in [-0.3, -0.25) is 10.4 Å². The highest BCUT2D eigenvalue weighted by molar-refractivity contribution is 5.99. The SMILES string of the molecule is C[C@H](COc1ccc(C2=NCCCN2)cc1)C[C@@H](C)COc1ccc(C(=N)N)cc1. The van der Waals surface area contributed by atoms with Gasteiger partial charge in [-0.15, -0.1) is 0 Å². The molecule has 0 aliphatic carbocycles. The molecule has 0 aromatic heterocycles. The molecule has 0 saturated heterocycles. The number of aliphatic imine (C=N–C) groups is 1. The van der Waals surface area contributed by atoms with Gasteiger partial charge in [-0.25, -0.2) is 0 Å². The van der Waals surface area contributed by atoms with E-state index in [9.17, 15) is 0 Å². The van der Waals surface area contributed by atoms with Crippen LogP contribution in [0.5, 0.6) is 11.5 Å². The Hall–Kier alpha value is -3.02. The van der Waals surface area contributed by atoms with Crippen LogP contribution in [0.1, 0.15) is 37.8 Å². The van der Waals surface area contributed by atoms with Crippen LogP contribution in [0.4, 0.5) is 0 Å². The predicted octanol–water partition coefficient (Wildman–Crippen LogP) is 3.83. The monoisotopic (exact) mass is 408 g/mol. The molecule has 0 saturated carbocycles. The first kappa shape index (κ1) is 21.7. The molecule has 2 atom stereocenters. The van der Waals surface area contributed by atoms with E-state index in [1.807, 2.05) is 24.3 Å². The van der Waals surface area contributed by atoms with E-state index >= 15 is 0 Å². The van der Waals surface area contributed by atoms with Crippen LogP contribution < -0.4 is 20.5 Å². The van der Waals surface area contributed by atoms with Crippen molar-refractivity contribution in [2.45, 2.75) is 26.7 Å². The second kappa shape index (κ2) is 10.7. The number of nitrogens with zero attached hydrogens (tertiary/aromatic N) is 1. The van der Waals surface area contributed by atoms with Gasteiger partial charge in [0.25, 0.3) is 0 Å². The number of benzene rings is 2. The Kier molecular flexibility index (Phi) is 7.71. The lowest BCUT2D eigenvalue weighted by Crippen LogP contribution is -2.30. The first-order chi connectivity index (χ1) is 14.5.